The number of hydrogen-bond donors (Lipinski definition) is 1. The molecular formula is C11H8FNO3S. The highest BCUT2D eigenvalue weighted by Gasteiger charge is 2.09. The Kier molecular flexibility index (Phi) is 3.43. The van der Waals surface area contributed by atoms with Crippen LogP contribution in [0.1, 0.15) is 15.9 Å². The van der Waals surface area contributed by atoms with Crippen LogP contribution in [0.4, 0.5) is 4.39 Å². The molecule has 1 heterocycles. The third-order valence-corrected chi connectivity index (χ3v) is 3.16. The van der Waals surface area contributed by atoms with Gasteiger partial charge in [0.15, 0.2) is 0 Å². The smallest absolute Gasteiger partial charge is 0.335 e. The number of thioether (sulfide) groups is 1. The summed E-state index contributed by atoms with van der Waals surface area (Å²) in [5, 5.41) is 12.3. The molecule has 0 bridgehead atoms. The van der Waals surface area contributed by atoms with Crippen LogP contribution in [-0.2, 0) is 5.75 Å². The van der Waals surface area contributed by atoms with Crippen molar-refractivity contribution >= 4 is 17.7 Å². The SMILES string of the molecule is O=C(O)c1ccc(F)c(SCc2cnoc2)c1. The molecule has 4 nitrogen and oxygen atoms in total. The van der Waals surface area contributed by atoms with Crippen molar-refractivity contribution in [3.63, 3.8) is 0 Å². The average Bonchev–Trinajstić information content (AvgIpc) is 2.80. The molecule has 0 spiro atoms. The number of aromatic nitrogens is 1. The first kappa shape index (κ1) is 11.7. The second-order valence-electron chi connectivity index (χ2n) is 3.27. The van der Waals surface area contributed by atoms with Crippen molar-refractivity contribution in [3.05, 3.63) is 47.6 Å². The maximum atomic E-state index is 13.4. The van der Waals surface area contributed by atoms with E-state index in [1.165, 1.54) is 36.4 Å². The van der Waals surface area contributed by atoms with Crippen LogP contribution in [0, 0.1) is 5.82 Å². The lowest BCUT2D eigenvalue weighted by Crippen LogP contribution is -1.97. The van der Waals surface area contributed by atoms with Crippen LogP contribution in [-0.4, -0.2) is 16.2 Å². The zero-order valence-electron chi connectivity index (χ0n) is 8.59. The molecule has 1 aromatic heterocycles. The maximum absolute atomic E-state index is 13.4. The minimum absolute atomic E-state index is 0.0687. The van der Waals surface area contributed by atoms with Crippen LogP contribution < -0.4 is 0 Å². The van der Waals surface area contributed by atoms with Gasteiger partial charge in [0.25, 0.3) is 0 Å². The summed E-state index contributed by atoms with van der Waals surface area (Å²) in [5.74, 6) is -1.03. The maximum Gasteiger partial charge on any atom is 0.335 e. The van der Waals surface area contributed by atoms with Gasteiger partial charge in [-0.2, -0.15) is 0 Å². The third kappa shape index (κ3) is 2.85. The summed E-state index contributed by atoms with van der Waals surface area (Å²) in [5.41, 5.74) is 0.884. The van der Waals surface area contributed by atoms with Gasteiger partial charge >= 0.3 is 5.97 Å². The highest BCUT2D eigenvalue weighted by molar-refractivity contribution is 7.98. The van der Waals surface area contributed by atoms with Gasteiger partial charge in [0, 0.05) is 16.2 Å². The molecule has 0 atom stereocenters. The summed E-state index contributed by atoms with van der Waals surface area (Å²) in [6.45, 7) is 0. The molecule has 0 aliphatic rings. The standard InChI is InChI=1S/C11H8FNO3S/c12-9-2-1-8(11(14)15)3-10(9)17-6-7-4-13-16-5-7/h1-5H,6H2,(H,14,15). The molecular weight excluding hydrogens is 245 g/mol. The van der Waals surface area contributed by atoms with Gasteiger partial charge in [-0.15, -0.1) is 11.8 Å². The van der Waals surface area contributed by atoms with E-state index in [1.807, 2.05) is 0 Å². The topological polar surface area (TPSA) is 63.3 Å². The van der Waals surface area contributed by atoms with Gasteiger partial charge in [-0.1, -0.05) is 5.16 Å². The summed E-state index contributed by atoms with van der Waals surface area (Å²) in [6.07, 6.45) is 3.00. The molecule has 0 fully saturated rings. The van der Waals surface area contributed by atoms with Crippen LogP contribution >= 0.6 is 11.8 Å². The van der Waals surface area contributed by atoms with Crippen molar-refractivity contribution in [2.75, 3.05) is 0 Å². The van der Waals surface area contributed by atoms with E-state index < -0.39 is 11.8 Å². The molecule has 1 aromatic carbocycles. The fourth-order valence-corrected chi connectivity index (χ4v) is 2.09. The van der Waals surface area contributed by atoms with Crippen LogP contribution in [0.2, 0.25) is 0 Å². The van der Waals surface area contributed by atoms with E-state index in [2.05, 4.69) is 9.68 Å². The Labute approximate surface area is 100 Å². The zero-order chi connectivity index (χ0) is 12.3. The van der Waals surface area contributed by atoms with Crippen molar-refractivity contribution in [2.24, 2.45) is 0 Å². The van der Waals surface area contributed by atoms with Crippen molar-refractivity contribution in [2.45, 2.75) is 10.6 Å². The lowest BCUT2D eigenvalue weighted by atomic mass is 10.2. The fraction of sp³-hybridized carbons (Fsp3) is 0.0909. The molecule has 0 aliphatic heterocycles. The van der Waals surface area contributed by atoms with Gasteiger partial charge in [0.05, 0.1) is 11.8 Å². The van der Waals surface area contributed by atoms with Gasteiger partial charge in [0.1, 0.15) is 12.1 Å². The number of nitrogens with zero attached hydrogens (tertiary/aromatic N) is 1. The van der Waals surface area contributed by atoms with E-state index in [4.69, 9.17) is 5.11 Å². The molecule has 0 radical (unpaired) electrons. The van der Waals surface area contributed by atoms with E-state index in [9.17, 15) is 9.18 Å². The van der Waals surface area contributed by atoms with E-state index in [-0.39, 0.29) is 5.56 Å². The number of aromatic carboxylic acids is 1. The molecule has 0 unspecified atom stereocenters. The van der Waals surface area contributed by atoms with Gasteiger partial charge in [-0.25, -0.2) is 9.18 Å². The highest BCUT2D eigenvalue weighted by Crippen LogP contribution is 2.26. The molecule has 2 aromatic rings. The minimum Gasteiger partial charge on any atom is -0.478 e. The molecule has 17 heavy (non-hydrogen) atoms. The summed E-state index contributed by atoms with van der Waals surface area (Å²) < 4.78 is 18.1. The number of rotatable bonds is 4. The first-order valence-corrected chi connectivity index (χ1v) is 5.69. The summed E-state index contributed by atoms with van der Waals surface area (Å²) in [4.78, 5) is 11.0. The van der Waals surface area contributed by atoms with Gasteiger partial charge in [-0.05, 0) is 18.2 Å². The molecule has 1 N–H and O–H groups in total. The summed E-state index contributed by atoms with van der Waals surface area (Å²) in [7, 11) is 0. The predicted molar refractivity (Wildman–Crippen MR) is 59.4 cm³/mol. The normalized spacial score (nSPS) is 10.4. The third-order valence-electron chi connectivity index (χ3n) is 2.06. The Hall–Kier alpha value is -1.82. The van der Waals surface area contributed by atoms with Crippen LogP contribution in [0.15, 0.2) is 40.1 Å². The fourth-order valence-electron chi connectivity index (χ4n) is 1.21. The number of hydrogen-bond acceptors (Lipinski definition) is 4. The molecule has 0 amide bonds. The van der Waals surface area contributed by atoms with E-state index in [0.29, 0.717) is 10.6 Å². The number of carboxylic acids is 1. The molecule has 6 heteroatoms. The lowest BCUT2D eigenvalue weighted by Gasteiger charge is -2.03. The van der Waals surface area contributed by atoms with Crippen LogP contribution in [0.25, 0.3) is 0 Å². The summed E-state index contributed by atoms with van der Waals surface area (Å²) in [6, 6.07) is 3.70. The molecule has 0 aliphatic carbocycles. The molecule has 0 saturated carbocycles. The Bertz CT molecular complexity index is 528. The second-order valence-corrected chi connectivity index (χ2v) is 4.29. The number of carboxylic acid groups (broad SMARTS) is 1. The number of benzene rings is 1. The predicted octanol–water partition coefficient (Wildman–Crippen LogP) is 2.80. The number of halogens is 1. The van der Waals surface area contributed by atoms with Gasteiger partial charge in [0.2, 0.25) is 0 Å². The Morgan fingerprint density at radius 1 is 1.53 bits per heavy atom. The first-order valence-electron chi connectivity index (χ1n) is 4.70. The lowest BCUT2D eigenvalue weighted by molar-refractivity contribution is 0.0696. The monoisotopic (exact) mass is 253 g/mol. The first-order chi connectivity index (χ1) is 8.16. The van der Waals surface area contributed by atoms with Crippen molar-refractivity contribution in [1.29, 1.82) is 0 Å². The van der Waals surface area contributed by atoms with E-state index in [0.717, 1.165) is 11.6 Å². The molecule has 0 saturated heterocycles. The van der Waals surface area contributed by atoms with Gasteiger partial charge in [-0.3, -0.25) is 0 Å². The Balaban J connectivity index is 2.14. The Morgan fingerprint density at radius 2 is 2.35 bits per heavy atom. The Morgan fingerprint density at radius 3 is 3.00 bits per heavy atom. The van der Waals surface area contributed by atoms with Crippen molar-refractivity contribution < 1.29 is 18.8 Å². The molecule has 2 rings (SSSR count). The van der Waals surface area contributed by atoms with Crippen molar-refractivity contribution in [3.8, 4) is 0 Å². The van der Waals surface area contributed by atoms with Crippen molar-refractivity contribution in [1.82, 2.24) is 5.16 Å². The van der Waals surface area contributed by atoms with Gasteiger partial charge < -0.3 is 9.63 Å². The average molecular weight is 253 g/mol. The highest BCUT2D eigenvalue weighted by atomic mass is 32.2. The van der Waals surface area contributed by atoms with Crippen LogP contribution in [0.5, 0.6) is 0 Å². The largest absolute Gasteiger partial charge is 0.478 e. The molecule has 88 valence electrons. The minimum atomic E-state index is -1.07. The van der Waals surface area contributed by atoms with Crippen LogP contribution in [0.3, 0.4) is 0 Å². The quantitative estimate of drug-likeness (QED) is 0.849. The summed E-state index contributed by atoms with van der Waals surface area (Å²) >= 11 is 1.20. The van der Waals surface area contributed by atoms with E-state index in [1.54, 1.807) is 0 Å². The van der Waals surface area contributed by atoms with E-state index >= 15 is 0 Å². The zero-order valence-corrected chi connectivity index (χ0v) is 9.41. The second kappa shape index (κ2) is 5.01. The number of carbonyl (C=O) groups is 1.